The maximum absolute atomic E-state index is 13.2. The van der Waals surface area contributed by atoms with Crippen molar-refractivity contribution in [2.45, 2.75) is 39.8 Å². The molecule has 3 nitrogen and oxygen atoms in total. The number of aliphatic hydroxyl groups is 1. The number of hydrogen-bond donors (Lipinski definition) is 1. The molecule has 0 saturated carbocycles. The first-order valence-corrected chi connectivity index (χ1v) is 10.4. The van der Waals surface area contributed by atoms with Crippen molar-refractivity contribution in [3.8, 4) is 0 Å². The molecular formula is C27H27NO2. The zero-order valence-electron chi connectivity index (χ0n) is 17.7. The summed E-state index contributed by atoms with van der Waals surface area (Å²) in [5.41, 5.74) is 7.18. The molecule has 0 unspecified atom stereocenters. The van der Waals surface area contributed by atoms with Crippen LogP contribution in [-0.2, 0) is 17.8 Å². The highest BCUT2D eigenvalue weighted by atomic mass is 16.3. The second-order valence-electron chi connectivity index (χ2n) is 8.04. The standard InChI is InChI=1S/C27H27NO2/c1-4-20-11-15-23(16-12-20)25-24(22-13-7-19(3)8-14-22)26(29)27(30)28(25)17-21-9-5-18(2)6-10-21/h5-16,25,29H,4,17H2,1-3H3/t25-/m1/s1. The first-order chi connectivity index (χ1) is 14.5. The van der Waals surface area contributed by atoms with Crippen LogP contribution < -0.4 is 0 Å². The van der Waals surface area contributed by atoms with E-state index in [-0.39, 0.29) is 17.7 Å². The van der Waals surface area contributed by atoms with Gasteiger partial charge in [0.15, 0.2) is 5.76 Å². The number of benzene rings is 3. The molecule has 0 aromatic heterocycles. The Morgan fingerprint density at radius 3 is 1.90 bits per heavy atom. The monoisotopic (exact) mass is 397 g/mol. The maximum atomic E-state index is 13.2. The van der Waals surface area contributed by atoms with Crippen LogP contribution in [0, 0.1) is 13.8 Å². The van der Waals surface area contributed by atoms with Crippen LogP contribution >= 0.6 is 0 Å². The highest BCUT2D eigenvalue weighted by Gasteiger charge is 2.40. The Labute approximate surface area is 178 Å². The summed E-state index contributed by atoms with van der Waals surface area (Å²) in [4.78, 5) is 14.9. The second kappa shape index (κ2) is 8.19. The van der Waals surface area contributed by atoms with E-state index in [9.17, 15) is 9.90 Å². The van der Waals surface area contributed by atoms with Gasteiger partial charge in [0, 0.05) is 12.1 Å². The molecule has 0 spiro atoms. The number of nitrogens with zero attached hydrogens (tertiary/aromatic N) is 1. The Balaban J connectivity index is 1.79. The van der Waals surface area contributed by atoms with Crippen molar-refractivity contribution >= 4 is 11.5 Å². The molecule has 1 amide bonds. The Morgan fingerprint density at radius 1 is 0.800 bits per heavy atom. The van der Waals surface area contributed by atoms with Crippen molar-refractivity contribution in [3.05, 3.63) is 112 Å². The molecule has 0 radical (unpaired) electrons. The number of aliphatic hydroxyl groups excluding tert-OH is 1. The number of hydrogen-bond acceptors (Lipinski definition) is 2. The van der Waals surface area contributed by atoms with Crippen LogP contribution in [0.15, 0.2) is 78.6 Å². The number of aryl methyl sites for hydroxylation is 3. The number of carbonyl (C=O) groups excluding carboxylic acids is 1. The highest BCUT2D eigenvalue weighted by Crippen LogP contribution is 2.43. The SMILES string of the molecule is CCc1ccc([C@@H]2C(c3ccc(C)cc3)=C(O)C(=O)N2Cc2ccc(C)cc2)cc1. The lowest BCUT2D eigenvalue weighted by atomic mass is 9.92. The third kappa shape index (κ3) is 3.76. The van der Waals surface area contributed by atoms with Gasteiger partial charge in [-0.25, -0.2) is 0 Å². The van der Waals surface area contributed by atoms with Crippen LogP contribution in [0.5, 0.6) is 0 Å². The van der Waals surface area contributed by atoms with Gasteiger partial charge in [0.2, 0.25) is 0 Å². The molecule has 1 atom stereocenters. The number of rotatable bonds is 5. The summed E-state index contributed by atoms with van der Waals surface area (Å²) in [5.74, 6) is -0.480. The van der Waals surface area contributed by atoms with Crippen molar-refractivity contribution in [3.63, 3.8) is 0 Å². The molecule has 1 heterocycles. The lowest BCUT2D eigenvalue weighted by Gasteiger charge is -2.28. The van der Waals surface area contributed by atoms with Gasteiger partial charge in [-0.15, -0.1) is 0 Å². The fraction of sp³-hybridized carbons (Fsp3) is 0.222. The molecule has 3 heteroatoms. The van der Waals surface area contributed by atoms with E-state index in [2.05, 4.69) is 43.3 Å². The van der Waals surface area contributed by atoms with E-state index in [4.69, 9.17) is 0 Å². The van der Waals surface area contributed by atoms with Gasteiger partial charge < -0.3 is 10.0 Å². The number of carbonyl (C=O) groups is 1. The smallest absolute Gasteiger partial charge is 0.290 e. The van der Waals surface area contributed by atoms with E-state index in [0.717, 1.165) is 28.7 Å². The van der Waals surface area contributed by atoms with Crippen molar-refractivity contribution < 1.29 is 9.90 Å². The number of amides is 1. The summed E-state index contributed by atoms with van der Waals surface area (Å²) in [7, 11) is 0. The van der Waals surface area contributed by atoms with Crippen LogP contribution in [-0.4, -0.2) is 15.9 Å². The van der Waals surface area contributed by atoms with Gasteiger partial charge in [0.05, 0.1) is 6.04 Å². The zero-order chi connectivity index (χ0) is 21.3. The third-order valence-electron chi connectivity index (χ3n) is 5.84. The minimum Gasteiger partial charge on any atom is -0.503 e. The first-order valence-electron chi connectivity index (χ1n) is 10.4. The maximum Gasteiger partial charge on any atom is 0.290 e. The summed E-state index contributed by atoms with van der Waals surface area (Å²) < 4.78 is 0. The predicted octanol–water partition coefficient (Wildman–Crippen LogP) is 5.92. The van der Waals surface area contributed by atoms with Gasteiger partial charge in [0.25, 0.3) is 5.91 Å². The minimum atomic E-state index is -0.326. The molecule has 152 valence electrons. The van der Waals surface area contributed by atoms with Gasteiger partial charge in [-0.05, 0) is 42.5 Å². The largest absolute Gasteiger partial charge is 0.503 e. The minimum absolute atomic E-state index is 0.157. The van der Waals surface area contributed by atoms with Gasteiger partial charge in [-0.2, -0.15) is 0 Å². The van der Waals surface area contributed by atoms with Crippen molar-refractivity contribution in [2.24, 2.45) is 0 Å². The van der Waals surface area contributed by atoms with Crippen LogP contribution in [0.25, 0.3) is 5.57 Å². The van der Waals surface area contributed by atoms with Gasteiger partial charge in [-0.1, -0.05) is 90.8 Å². The third-order valence-corrected chi connectivity index (χ3v) is 5.84. The van der Waals surface area contributed by atoms with Crippen LogP contribution in [0.1, 0.15) is 46.3 Å². The van der Waals surface area contributed by atoms with E-state index in [0.29, 0.717) is 12.1 Å². The molecule has 1 aliphatic heterocycles. The van der Waals surface area contributed by atoms with Crippen molar-refractivity contribution in [1.82, 2.24) is 4.90 Å². The van der Waals surface area contributed by atoms with E-state index >= 15 is 0 Å². The molecule has 3 aromatic rings. The van der Waals surface area contributed by atoms with Gasteiger partial charge in [-0.3, -0.25) is 4.79 Å². The zero-order valence-corrected chi connectivity index (χ0v) is 17.7. The Hall–Kier alpha value is -3.33. The molecule has 4 rings (SSSR count). The second-order valence-corrected chi connectivity index (χ2v) is 8.04. The van der Waals surface area contributed by atoms with Gasteiger partial charge >= 0.3 is 0 Å². The molecule has 0 bridgehead atoms. The molecule has 3 aromatic carbocycles. The molecule has 0 aliphatic carbocycles. The summed E-state index contributed by atoms with van der Waals surface area (Å²) in [6.45, 7) is 6.65. The van der Waals surface area contributed by atoms with E-state index in [1.54, 1.807) is 4.90 Å². The summed E-state index contributed by atoms with van der Waals surface area (Å²) in [6.07, 6.45) is 0.961. The van der Waals surface area contributed by atoms with Gasteiger partial charge in [0.1, 0.15) is 0 Å². The van der Waals surface area contributed by atoms with Crippen molar-refractivity contribution in [2.75, 3.05) is 0 Å². The quantitative estimate of drug-likeness (QED) is 0.581. The topological polar surface area (TPSA) is 40.5 Å². The van der Waals surface area contributed by atoms with E-state index in [1.807, 2.05) is 50.2 Å². The average molecular weight is 398 g/mol. The molecule has 30 heavy (non-hydrogen) atoms. The fourth-order valence-corrected chi connectivity index (χ4v) is 4.02. The predicted molar refractivity (Wildman–Crippen MR) is 121 cm³/mol. The van der Waals surface area contributed by atoms with Crippen LogP contribution in [0.3, 0.4) is 0 Å². The normalized spacial score (nSPS) is 16.4. The average Bonchev–Trinajstić information content (AvgIpc) is 3.01. The lowest BCUT2D eigenvalue weighted by Crippen LogP contribution is -2.29. The first kappa shape index (κ1) is 20.0. The molecular weight excluding hydrogens is 370 g/mol. The van der Waals surface area contributed by atoms with Crippen LogP contribution in [0.4, 0.5) is 0 Å². The van der Waals surface area contributed by atoms with E-state index < -0.39 is 0 Å². The summed E-state index contributed by atoms with van der Waals surface area (Å²) in [6, 6.07) is 24.2. The Bertz CT molecular complexity index is 1080. The van der Waals surface area contributed by atoms with E-state index in [1.165, 1.54) is 11.1 Å². The Kier molecular flexibility index (Phi) is 5.45. The lowest BCUT2D eigenvalue weighted by molar-refractivity contribution is -0.130. The fourth-order valence-electron chi connectivity index (χ4n) is 4.02. The summed E-state index contributed by atoms with van der Waals surface area (Å²) in [5, 5.41) is 10.9. The van der Waals surface area contributed by atoms with Crippen molar-refractivity contribution in [1.29, 1.82) is 0 Å². The van der Waals surface area contributed by atoms with Crippen LogP contribution in [0.2, 0.25) is 0 Å². The molecule has 0 saturated heterocycles. The Morgan fingerprint density at radius 2 is 1.33 bits per heavy atom. The molecule has 0 fully saturated rings. The summed E-state index contributed by atoms with van der Waals surface area (Å²) >= 11 is 0. The highest BCUT2D eigenvalue weighted by molar-refractivity contribution is 6.05. The molecule has 1 aliphatic rings. The molecule has 1 N–H and O–H groups in total.